The molecule has 1 aliphatic heterocycles. The van der Waals surface area contributed by atoms with Crippen molar-refractivity contribution in [1.29, 1.82) is 0 Å². The second-order valence-corrected chi connectivity index (χ2v) is 8.10. The van der Waals surface area contributed by atoms with E-state index < -0.39 is 0 Å². The highest BCUT2D eigenvalue weighted by molar-refractivity contribution is 9.10. The number of nitrogens with zero attached hydrogens (tertiary/aromatic N) is 1. The highest BCUT2D eigenvalue weighted by Crippen LogP contribution is 2.31. The van der Waals surface area contributed by atoms with Crippen molar-refractivity contribution in [3.05, 3.63) is 64.1 Å². The lowest BCUT2D eigenvalue weighted by Gasteiger charge is -2.30. The fraction of sp³-hybridized carbons (Fsp3) is 0.500. The Hall–Kier alpha value is -1.28. The van der Waals surface area contributed by atoms with Gasteiger partial charge in [-0.25, -0.2) is 0 Å². The Morgan fingerprint density at radius 3 is 2.15 bits per heavy atom. The van der Waals surface area contributed by atoms with E-state index in [1.165, 1.54) is 62.7 Å². The molecule has 0 amide bonds. The lowest BCUT2D eigenvalue weighted by molar-refractivity contribution is 0.514. The summed E-state index contributed by atoms with van der Waals surface area (Å²) in [7, 11) is 0. The van der Waals surface area contributed by atoms with E-state index >= 15 is 0 Å². The standard InChI is InChI=1S/C15H23N.C9H11Br/c1-3-7-14(8-4-2)16-12-11-13-9-5-6-10-15(13)16;1-2-3-8-4-6-9(10)7-5-8/h5-6,9-10,14H,3-4,7-8,11-12H2,1-2H3;4-7H,2-3H2,1H3. The topological polar surface area (TPSA) is 3.24 Å². The van der Waals surface area contributed by atoms with Gasteiger partial charge in [0.1, 0.15) is 0 Å². The molecule has 1 heterocycles. The van der Waals surface area contributed by atoms with E-state index in [9.17, 15) is 0 Å². The van der Waals surface area contributed by atoms with Gasteiger partial charge < -0.3 is 4.90 Å². The minimum atomic E-state index is 0.763. The normalized spacial score (nSPS) is 12.7. The van der Waals surface area contributed by atoms with Crippen molar-refractivity contribution in [1.82, 2.24) is 0 Å². The number of para-hydroxylation sites is 1. The van der Waals surface area contributed by atoms with E-state index in [4.69, 9.17) is 0 Å². The molecule has 0 N–H and O–H groups in total. The van der Waals surface area contributed by atoms with E-state index in [-0.39, 0.29) is 0 Å². The summed E-state index contributed by atoms with van der Waals surface area (Å²) in [6, 6.07) is 18.2. The third kappa shape index (κ3) is 6.16. The molecule has 0 unspecified atom stereocenters. The van der Waals surface area contributed by atoms with Crippen molar-refractivity contribution < 1.29 is 0 Å². The molecule has 0 atom stereocenters. The summed E-state index contributed by atoms with van der Waals surface area (Å²) in [5, 5.41) is 0. The van der Waals surface area contributed by atoms with Gasteiger partial charge in [0.15, 0.2) is 0 Å². The van der Waals surface area contributed by atoms with Crippen LogP contribution in [0.5, 0.6) is 0 Å². The quantitative estimate of drug-likeness (QED) is 0.454. The molecule has 2 heteroatoms. The van der Waals surface area contributed by atoms with Gasteiger partial charge in [0, 0.05) is 22.7 Å². The Morgan fingerprint density at radius 2 is 1.54 bits per heavy atom. The van der Waals surface area contributed by atoms with E-state index in [2.05, 4.69) is 90.1 Å². The van der Waals surface area contributed by atoms with Gasteiger partial charge in [-0.1, -0.05) is 86.3 Å². The first-order valence-electron chi connectivity index (χ1n) is 10.3. The third-order valence-electron chi connectivity index (χ3n) is 5.06. The second-order valence-electron chi connectivity index (χ2n) is 7.18. The minimum absolute atomic E-state index is 0.763. The van der Waals surface area contributed by atoms with Gasteiger partial charge in [-0.3, -0.25) is 0 Å². The monoisotopic (exact) mass is 415 g/mol. The van der Waals surface area contributed by atoms with Crippen LogP contribution in [0.1, 0.15) is 64.0 Å². The maximum atomic E-state index is 3.40. The maximum Gasteiger partial charge on any atom is 0.0402 e. The zero-order chi connectivity index (χ0) is 18.8. The molecule has 0 radical (unpaired) electrons. The molecule has 1 aliphatic rings. The van der Waals surface area contributed by atoms with E-state index in [1.807, 2.05) is 0 Å². The molecule has 0 saturated carbocycles. The third-order valence-corrected chi connectivity index (χ3v) is 5.59. The molecule has 0 saturated heterocycles. The van der Waals surface area contributed by atoms with Gasteiger partial charge in [0.25, 0.3) is 0 Å². The molecule has 1 nitrogen and oxygen atoms in total. The Kier molecular flexibility index (Phi) is 9.25. The van der Waals surface area contributed by atoms with E-state index in [0.717, 1.165) is 10.5 Å². The summed E-state index contributed by atoms with van der Waals surface area (Å²) in [5.41, 5.74) is 4.46. The first kappa shape index (κ1) is 21.0. The van der Waals surface area contributed by atoms with Crippen LogP contribution in [-0.4, -0.2) is 12.6 Å². The summed E-state index contributed by atoms with van der Waals surface area (Å²) in [6.07, 6.45) is 8.91. The summed E-state index contributed by atoms with van der Waals surface area (Å²) in [6.45, 7) is 8.02. The van der Waals surface area contributed by atoms with Crippen molar-refractivity contribution >= 4 is 21.6 Å². The van der Waals surface area contributed by atoms with Crippen LogP contribution in [-0.2, 0) is 12.8 Å². The summed E-state index contributed by atoms with van der Waals surface area (Å²) in [5.74, 6) is 0. The molecule has 26 heavy (non-hydrogen) atoms. The number of hydrogen-bond donors (Lipinski definition) is 0. The molecule has 0 spiro atoms. The van der Waals surface area contributed by atoms with Crippen LogP contribution in [0.3, 0.4) is 0 Å². The molecule has 2 aromatic rings. The molecule has 3 rings (SSSR count). The number of aryl methyl sites for hydroxylation is 1. The smallest absolute Gasteiger partial charge is 0.0402 e. The Labute approximate surface area is 168 Å². The predicted octanol–water partition coefficient (Wildman–Crippen LogP) is 7.42. The first-order chi connectivity index (χ1) is 12.7. The van der Waals surface area contributed by atoms with Crippen LogP contribution in [0.15, 0.2) is 53.0 Å². The van der Waals surface area contributed by atoms with E-state index in [1.54, 1.807) is 5.56 Å². The maximum absolute atomic E-state index is 3.40. The zero-order valence-corrected chi connectivity index (χ0v) is 18.3. The second kappa shape index (κ2) is 11.4. The Morgan fingerprint density at radius 1 is 0.885 bits per heavy atom. The van der Waals surface area contributed by atoms with Crippen LogP contribution in [0.4, 0.5) is 5.69 Å². The summed E-state index contributed by atoms with van der Waals surface area (Å²) >= 11 is 3.40. The van der Waals surface area contributed by atoms with Gasteiger partial charge >= 0.3 is 0 Å². The van der Waals surface area contributed by atoms with Crippen LogP contribution in [0.2, 0.25) is 0 Å². The molecular weight excluding hydrogens is 382 g/mol. The summed E-state index contributed by atoms with van der Waals surface area (Å²) < 4.78 is 1.16. The van der Waals surface area contributed by atoms with Crippen LogP contribution >= 0.6 is 15.9 Å². The lowest BCUT2D eigenvalue weighted by Crippen LogP contribution is -2.33. The lowest BCUT2D eigenvalue weighted by atomic mass is 10.0. The minimum Gasteiger partial charge on any atom is -0.368 e. The Bertz CT molecular complexity index is 629. The largest absolute Gasteiger partial charge is 0.368 e. The van der Waals surface area contributed by atoms with Crippen LogP contribution in [0, 0.1) is 0 Å². The SMILES string of the molecule is CCCC(CCC)N1CCc2ccccc21.CCCc1ccc(Br)cc1. The van der Waals surface area contributed by atoms with Crippen molar-refractivity contribution in [2.45, 2.75) is 71.8 Å². The molecule has 142 valence electrons. The van der Waals surface area contributed by atoms with Gasteiger partial charge in [0.05, 0.1) is 0 Å². The number of halogens is 1. The fourth-order valence-electron chi connectivity index (χ4n) is 3.81. The number of rotatable bonds is 7. The highest BCUT2D eigenvalue weighted by Gasteiger charge is 2.24. The Balaban J connectivity index is 0.000000209. The van der Waals surface area contributed by atoms with Crippen molar-refractivity contribution in [2.75, 3.05) is 11.4 Å². The van der Waals surface area contributed by atoms with Crippen LogP contribution in [0.25, 0.3) is 0 Å². The van der Waals surface area contributed by atoms with Crippen LogP contribution < -0.4 is 4.90 Å². The van der Waals surface area contributed by atoms with Gasteiger partial charge in [0.2, 0.25) is 0 Å². The van der Waals surface area contributed by atoms with Crippen molar-refractivity contribution in [2.24, 2.45) is 0 Å². The number of hydrogen-bond acceptors (Lipinski definition) is 1. The predicted molar refractivity (Wildman–Crippen MR) is 119 cm³/mol. The van der Waals surface area contributed by atoms with Gasteiger partial charge in [-0.2, -0.15) is 0 Å². The van der Waals surface area contributed by atoms with Gasteiger partial charge in [-0.15, -0.1) is 0 Å². The molecule has 0 aliphatic carbocycles. The molecular formula is C24H34BrN. The van der Waals surface area contributed by atoms with Gasteiger partial charge in [-0.05, 0) is 55.0 Å². The molecule has 0 aromatic heterocycles. The molecule has 2 aromatic carbocycles. The van der Waals surface area contributed by atoms with Crippen molar-refractivity contribution in [3.8, 4) is 0 Å². The average Bonchev–Trinajstić information content (AvgIpc) is 3.08. The number of fused-ring (bicyclic) bond motifs is 1. The number of anilines is 1. The zero-order valence-electron chi connectivity index (χ0n) is 16.7. The van der Waals surface area contributed by atoms with Crippen molar-refractivity contribution in [3.63, 3.8) is 0 Å². The molecule has 0 fully saturated rings. The molecule has 0 bridgehead atoms. The summed E-state index contributed by atoms with van der Waals surface area (Å²) in [4.78, 5) is 2.64. The van der Waals surface area contributed by atoms with E-state index in [0.29, 0.717) is 0 Å². The number of benzene rings is 2. The highest BCUT2D eigenvalue weighted by atomic mass is 79.9. The fourth-order valence-corrected chi connectivity index (χ4v) is 4.07. The average molecular weight is 416 g/mol. The first-order valence-corrected chi connectivity index (χ1v) is 11.1.